The summed E-state index contributed by atoms with van der Waals surface area (Å²) in [6.07, 6.45) is 4.48. The topological polar surface area (TPSA) is 69.6 Å². The predicted octanol–water partition coefficient (Wildman–Crippen LogP) is 0.839. The maximum absolute atomic E-state index is 12.6. The smallest absolute Gasteiger partial charge is 0.308 e. The van der Waals surface area contributed by atoms with Crippen LogP contribution in [0.1, 0.15) is 39.0 Å². The second-order valence-electron chi connectivity index (χ2n) is 6.36. The van der Waals surface area contributed by atoms with Gasteiger partial charge in [0.15, 0.2) is 0 Å². The fraction of sp³-hybridized carbons (Fsp3) is 0.857. The van der Waals surface area contributed by atoms with Crippen molar-refractivity contribution in [2.45, 2.75) is 57.2 Å². The van der Waals surface area contributed by atoms with Crippen LogP contribution in [0.5, 0.6) is 0 Å². The van der Waals surface area contributed by atoms with E-state index in [0.717, 1.165) is 32.2 Å². The van der Waals surface area contributed by atoms with E-state index in [1.165, 1.54) is 0 Å². The van der Waals surface area contributed by atoms with Gasteiger partial charge >= 0.3 is 5.97 Å². The van der Waals surface area contributed by atoms with Crippen LogP contribution in [-0.2, 0) is 9.59 Å². The van der Waals surface area contributed by atoms with E-state index in [-0.39, 0.29) is 30.0 Å². The number of carbonyl (C=O) groups is 2. The number of rotatable bonds is 2. The molecule has 0 aromatic carbocycles. The highest BCUT2D eigenvalue weighted by Crippen LogP contribution is 2.42. The third-order valence-corrected chi connectivity index (χ3v) is 5.07. The molecule has 19 heavy (non-hydrogen) atoms. The lowest BCUT2D eigenvalue weighted by molar-refractivity contribution is -0.143. The lowest BCUT2D eigenvalue weighted by atomic mass is 9.89. The molecule has 3 rings (SSSR count). The van der Waals surface area contributed by atoms with Crippen LogP contribution in [0, 0.1) is 11.8 Å². The standard InChI is InChI=1S/C14H22N2O3/c1-8-4-5-15-11(6-8)13(17)16-9-2-3-12(16)10(7-9)14(18)19/h8-12,15H,2-7H2,1H3,(H,18,19). The zero-order chi connectivity index (χ0) is 13.6. The molecule has 3 heterocycles. The molecule has 5 nitrogen and oxygen atoms in total. The number of carboxylic acid groups (broad SMARTS) is 1. The van der Waals surface area contributed by atoms with Crippen molar-refractivity contribution >= 4 is 11.9 Å². The van der Waals surface area contributed by atoms with E-state index in [1.54, 1.807) is 0 Å². The maximum Gasteiger partial charge on any atom is 0.308 e. The monoisotopic (exact) mass is 266 g/mol. The summed E-state index contributed by atoms with van der Waals surface area (Å²) < 4.78 is 0. The van der Waals surface area contributed by atoms with E-state index in [4.69, 9.17) is 0 Å². The number of hydrogen-bond donors (Lipinski definition) is 2. The number of hydrogen-bond acceptors (Lipinski definition) is 3. The Morgan fingerprint density at radius 3 is 2.63 bits per heavy atom. The van der Waals surface area contributed by atoms with Gasteiger partial charge < -0.3 is 15.3 Å². The molecule has 3 fully saturated rings. The molecular formula is C14H22N2O3. The van der Waals surface area contributed by atoms with Gasteiger partial charge in [0.1, 0.15) is 0 Å². The number of carboxylic acids is 1. The first-order chi connectivity index (χ1) is 9.08. The molecule has 106 valence electrons. The summed E-state index contributed by atoms with van der Waals surface area (Å²) in [6, 6.07) is 0.00561. The molecule has 2 N–H and O–H groups in total. The zero-order valence-corrected chi connectivity index (χ0v) is 11.3. The van der Waals surface area contributed by atoms with Crippen LogP contribution in [0.25, 0.3) is 0 Å². The minimum atomic E-state index is -0.741. The molecule has 3 saturated heterocycles. The summed E-state index contributed by atoms with van der Waals surface area (Å²) in [5.41, 5.74) is 0. The van der Waals surface area contributed by atoms with Gasteiger partial charge in [-0.3, -0.25) is 9.59 Å². The average Bonchev–Trinajstić information content (AvgIpc) is 2.95. The summed E-state index contributed by atoms with van der Waals surface area (Å²) in [5, 5.41) is 12.5. The maximum atomic E-state index is 12.6. The van der Waals surface area contributed by atoms with E-state index >= 15 is 0 Å². The van der Waals surface area contributed by atoms with Crippen molar-refractivity contribution in [2.75, 3.05) is 6.54 Å². The van der Waals surface area contributed by atoms with Crippen molar-refractivity contribution < 1.29 is 14.7 Å². The van der Waals surface area contributed by atoms with E-state index in [0.29, 0.717) is 12.3 Å². The van der Waals surface area contributed by atoms with Crippen molar-refractivity contribution in [3.63, 3.8) is 0 Å². The Kier molecular flexibility index (Phi) is 3.25. The molecule has 3 aliphatic rings. The second kappa shape index (κ2) is 4.78. The number of nitrogens with zero attached hydrogens (tertiary/aromatic N) is 1. The number of nitrogens with one attached hydrogen (secondary N) is 1. The van der Waals surface area contributed by atoms with Gasteiger partial charge in [0, 0.05) is 12.1 Å². The molecular weight excluding hydrogens is 244 g/mol. The summed E-state index contributed by atoms with van der Waals surface area (Å²) in [5.74, 6) is -0.368. The molecule has 0 spiro atoms. The molecule has 3 aliphatic heterocycles. The van der Waals surface area contributed by atoms with Crippen molar-refractivity contribution in [2.24, 2.45) is 11.8 Å². The first-order valence-electron chi connectivity index (χ1n) is 7.36. The molecule has 0 aromatic rings. The molecule has 5 unspecified atom stereocenters. The first kappa shape index (κ1) is 12.9. The Balaban J connectivity index is 1.72. The van der Waals surface area contributed by atoms with Gasteiger partial charge in [0.2, 0.25) is 5.91 Å². The highest BCUT2D eigenvalue weighted by molar-refractivity contribution is 5.85. The minimum Gasteiger partial charge on any atom is -0.481 e. The molecule has 5 atom stereocenters. The Morgan fingerprint density at radius 1 is 1.21 bits per heavy atom. The lowest BCUT2D eigenvalue weighted by Crippen LogP contribution is -2.52. The normalized spacial score (nSPS) is 41.5. The lowest BCUT2D eigenvalue weighted by Gasteiger charge is -2.32. The molecule has 0 saturated carbocycles. The van der Waals surface area contributed by atoms with Crippen LogP contribution < -0.4 is 5.32 Å². The highest BCUT2D eigenvalue weighted by atomic mass is 16.4. The third kappa shape index (κ3) is 2.14. The van der Waals surface area contributed by atoms with Crippen LogP contribution in [0.15, 0.2) is 0 Å². The molecule has 2 bridgehead atoms. The van der Waals surface area contributed by atoms with E-state index in [1.807, 2.05) is 4.90 Å². The third-order valence-electron chi connectivity index (χ3n) is 5.07. The fourth-order valence-corrected chi connectivity index (χ4v) is 4.07. The molecule has 0 aliphatic carbocycles. The zero-order valence-electron chi connectivity index (χ0n) is 11.3. The summed E-state index contributed by atoms with van der Waals surface area (Å²) in [6.45, 7) is 3.07. The number of piperidine rings is 1. The Hall–Kier alpha value is -1.10. The number of carbonyl (C=O) groups excluding carboxylic acids is 1. The second-order valence-corrected chi connectivity index (χ2v) is 6.36. The molecule has 1 amide bonds. The SMILES string of the molecule is CC1CCNC(C(=O)N2C3CCC2C(C(=O)O)C3)C1. The van der Waals surface area contributed by atoms with Gasteiger partial charge in [-0.15, -0.1) is 0 Å². The minimum absolute atomic E-state index is 0.0611. The van der Waals surface area contributed by atoms with Crippen molar-refractivity contribution in [1.29, 1.82) is 0 Å². The summed E-state index contributed by atoms with van der Waals surface area (Å²) in [7, 11) is 0. The fourth-order valence-electron chi connectivity index (χ4n) is 4.07. The number of amides is 1. The largest absolute Gasteiger partial charge is 0.481 e. The van der Waals surface area contributed by atoms with Gasteiger partial charge in [-0.05, 0) is 44.6 Å². The van der Waals surface area contributed by atoms with Crippen molar-refractivity contribution in [3.8, 4) is 0 Å². The van der Waals surface area contributed by atoms with Crippen LogP contribution >= 0.6 is 0 Å². The van der Waals surface area contributed by atoms with Crippen LogP contribution in [-0.4, -0.2) is 46.6 Å². The van der Waals surface area contributed by atoms with Gasteiger partial charge in [0.25, 0.3) is 0 Å². The predicted molar refractivity (Wildman–Crippen MR) is 69.6 cm³/mol. The van der Waals surface area contributed by atoms with Gasteiger partial charge in [-0.2, -0.15) is 0 Å². The van der Waals surface area contributed by atoms with Gasteiger partial charge in [-0.25, -0.2) is 0 Å². The van der Waals surface area contributed by atoms with E-state index < -0.39 is 5.97 Å². The molecule has 0 radical (unpaired) electrons. The van der Waals surface area contributed by atoms with Crippen LogP contribution in [0.2, 0.25) is 0 Å². The Morgan fingerprint density at radius 2 is 2.00 bits per heavy atom. The Bertz CT molecular complexity index is 398. The molecule has 0 aromatic heterocycles. The first-order valence-corrected chi connectivity index (χ1v) is 7.36. The Labute approximate surface area is 113 Å². The van der Waals surface area contributed by atoms with Gasteiger partial charge in [-0.1, -0.05) is 6.92 Å². The highest BCUT2D eigenvalue weighted by Gasteiger charge is 2.52. The number of aliphatic carboxylic acids is 1. The van der Waals surface area contributed by atoms with Gasteiger partial charge in [0.05, 0.1) is 12.0 Å². The summed E-state index contributed by atoms with van der Waals surface area (Å²) >= 11 is 0. The van der Waals surface area contributed by atoms with E-state index in [2.05, 4.69) is 12.2 Å². The van der Waals surface area contributed by atoms with Crippen molar-refractivity contribution in [1.82, 2.24) is 10.2 Å². The quantitative estimate of drug-likeness (QED) is 0.777. The van der Waals surface area contributed by atoms with Crippen LogP contribution in [0.4, 0.5) is 0 Å². The van der Waals surface area contributed by atoms with Crippen molar-refractivity contribution in [3.05, 3.63) is 0 Å². The van der Waals surface area contributed by atoms with Crippen LogP contribution in [0.3, 0.4) is 0 Å². The number of fused-ring (bicyclic) bond motifs is 2. The molecule has 5 heteroatoms. The summed E-state index contributed by atoms with van der Waals surface area (Å²) in [4.78, 5) is 25.8. The van der Waals surface area contributed by atoms with E-state index in [9.17, 15) is 14.7 Å². The average molecular weight is 266 g/mol.